The van der Waals surface area contributed by atoms with Gasteiger partial charge in [0.05, 0.1) is 24.8 Å². The highest BCUT2D eigenvalue weighted by Gasteiger charge is 2.48. The summed E-state index contributed by atoms with van der Waals surface area (Å²) in [5.41, 5.74) is 7.93. The molecular formula is C25H27FN8O4. The van der Waals surface area contributed by atoms with Crippen molar-refractivity contribution in [2.24, 2.45) is 11.7 Å². The quantitative estimate of drug-likeness (QED) is 0.463. The summed E-state index contributed by atoms with van der Waals surface area (Å²) in [6, 6.07) is 2.01. The maximum absolute atomic E-state index is 15.2. The Morgan fingerprint density at radius 1 is 1.21 bits per heavy atom. The second-order valence-corrected chi connectivity index (χ2v) is 10.5. The highest BCUT2D eigenvalue weighted by Crippen LogP contribution is 2.38. The summed E-state index contributed by atoms with van der Waals surface area (Å²) in [6.07, 6.45) is 3.87. The normalized spacial score (nSPS) is 22.4. The monoisotopic (exact) mass is 522 g/mol. The summed E-state index contributed by atoms with van der Waals surface area (Å²) in [7, 11) is 0. The molecule has 2 aromatic heterocycles. The number of aromatic nitrogens is 4. The largest absolute Gasteiger partial charge is 0.465 e. The van der Waals surface area contributed by atoms with Gasteiger partial charge < -0.3 is 30.4 Å². The van der Waals surface area contributed by atoms with Crippen LogP contribution < -0.4 is 20.7 Å². The van der Waals surface area contributed by atoms with Crippen molar-refractivity contribution in [1.29, 1.82) is 0 Å². The van der Waals surface area contributed by atoms with Crippen LogP contribution >= 0.6 is 0 Å². The first-order valence-corrected chi connectivity index (χ1v) is 12.8. The molecule has 2 fully saturated rings. The van der Waals surface area contributed by atoms with E-state index >= 15 is 4.39 Å². The lowest BCUT2D eigenvalue weighted by atomic mass is 9.90. The zero-order valence-electron chi connectivity index (χ0n) is 20.6. The lowest BCUT2D eigenvalue weighted by Crippen LogP contribution is -2.48. The fraction of sp³-hybridized carbons (Fsp3) is 0.480. The van der Waals surface area contributed by atoms with Gasteiger partial charge >= 0.3 is 6.09 Å². The van der Waals surface area contributed by atoms with E-state index in [4.69, 9.17) is 15.2 Å². The van der Waals surface area contributed by atoms with Crippen molar-refractivity contribution in [3.8, 4) is 5.88 Å². The number of aromatic amines is 1. The van der Waals surface area contributed by atoms with Crippen LogP contribution in [-0.4, -0.2) is 75.2 Å². The second kappa shape index (κ2) is 8.60. The van der Waals surface area contributed by atoms with Crippen molar-refractivity contribution >= 4 is 34.7 Å². The first-order chi connectivity index (χ1) is 18.4. The first-order valence-electron chi connectivity index (χ1n) is 12.8. The summed E-state index contributed by atoms with van der Waals surface area (Å²) in [5, 5.41) is 2.62. The van der Waals surface area contributed by atoms with Gasteiger partial charge in [-0.05, 0) is 36.0 Å². The van der Waals surface area contributed by atoms with Crippen LogP contribution in [0.2, 0.25) is 0 Å². The molecule has 2 amide bonds. The molecule has 3 aromatic rings. The Balaban J connectivity index is 0.987. The number of piperidine rings is 1. The SMILES string of the molecule is NCc1nc2c(F)c3c(cc2[nH]1)CC(CN1CCC2(CC1)CN(c1cnc4c(n1)NC(=O)CO4)C(=O)O2)C3. The number of carbonyl (C=O) groups is 2. The molecule has 4 aliphatic rings. The standard InChI is InChI=1S/C25H27FN8O4/c26-20-15-6-13(5-14(15)7-16-21(20)30-17(8-27)29-16)10-33-3-1-25(2-4-33)12-34(24(36)38-25)18-9-28-23-22(31-18)32-19(35)11-37-23/h7,9,13H,1-6,8,10-12,27H2,(H,29,30)(H,31,32,35). The Kier molecular flexibility index (Phi) is 5.27. The van der Waals surface area contributed by atoms with Gasteiger partial charge in [-0.1, -0.05) is 0 Å². The van der Waals surface area contributed by atoms with E-state index in [1.54, 1.807) is 0 Å². The zero-order chi connectivity index (χ0) is 26.0. The summed E-state index contributed by atoms with van der Waals surface area (Å²) < 4.78 is 26.3. The molecule has 5 heterocycles. The minimum Gasteiger partial charge on any atom is -0.465 e. The van der Waals surface area contributed by atoms with E-state index in [2.05, 4.69) is 30.2 Å². The molecule has 3 aliphatic heterocycles. The van der Waals surface area contributed by atoms with Gasteiger partial charge in [-0.25, -0.2) is 24.1 Å². The van der Waals surface area contributed by atoms with Crippen LogP contribution in [-0.2, 0) is 28.9 Å². The summed E-state index contributed by atoms with van der Waals surface area (Å²) in [5.74, 6) is 1.10. The molecule has 7 rings (SSSR count). The summed E-state index contributed by atoms with van der Waals surface area (Å²) in [4.78, 5) is 44.2. The number of imidazole rings is 1. The number of H-pyrrole nitrogens is 1. The topological polar surface area (TPSA) is 152 Å². The molecule has 0 saturated carbocycles. The summed E-state index contributed by atoms with van der Waals surface area (Å²) >= 11 is 0. The third-order valence-electron chi connectivity index (χ3n) is 8.01. The molecule has 1 spiro atoms. The highest BCUT2D eigenvalue weighted by molar-refractivity contribution is 5.94. The fourth-order valence-corrected chi connectivity index (χ4v) is 6.11. The van der Waals surface area contributed by atoms with Crippen LogP contribution in [0.4, 0.5) is 20.8 Å². The van der Waals surface area contributed by atoms with Crippen LogP contribution in [0.1, 0.15) is 29.8 Å². The Hall–Kier alpha value is -3.84. The van der Waals surface area contributed by atoms with Crippen LogP contribution in [0.5, 0.6) is 5.88 Å². The van der Waals surface area contributed by atoms with Gasteiger partial charge in [-0.15, -0.1) is 0 Å². The van der Waals surface area contributed by atoms with Crippen molar-refractivity contribution < 1.29 is 23.5 Å². The zero-order valence-corrected chi connectivity index (χ0v) is 20.6. The van der Waals surface area contributed by atoms with Crippen LogP contribution in [0.25, 0.3) is 11.0 Å². The Morgan fingerprint density at radius 2 is 2.05 bits per heavy atom. The van der Waals surface area contributed by atoms with E-state index in [1.807, 2.05) is 6.07 Å². The Labute approximate surface area is 216 Å². The molecule has 13 heteroatoms. The van der Waals surface area contributed by atoms with Gasteiger partial charge in [0.15, 0.2) is 24.1 Å². The molecule has 4 N–H and O–H groups in total. The number of nitrogens with zero attached hydrogens (tertiary/aromatic N) is 5. The number of nitrogens with one attached hydrogen (secondary N) is 2. The van der Waals surface area contributed by atoms with E-state index in [1.165, 1.54) is 11.1 Å². The van der Waals surface area contributed by atoms with Crippen molar-refractivity contribution in [1.82, 2.24) is 24.8 Å². The number of hydrogen-bond acceptors (Lipinski definition) is 9. The predicted molar refractivity (Wildman–Crippen MR) is 133 cm³/mol. The van der Waals surface area contributed by atoms with Gasteiger partial charge in [0.1, 0.15) is 16.9 Å². The highest BCUT2D eigenvalue weighted by atomic mass is 19.1. The van der Waals surface area contributed by atoms with Crippen molar-refractivity contribution in [3.63, 3.8) is 0 Å². The van der Waals surface area contributed by atoms with E-state index in [0.29, 0.717) is 54.4 Å². The number of halogens is 1. The molecule has 12 nitrogen and oxygen atoms in total. The van der Waals surface area contributed by atoms with E-state index in [-0.39, 0.29) is 36.6 Å². The van der Waals surface area contributed by atoms with Crippen molar-refractivity contribution in [2.75, 3.05) is 43.0 Å². The molecule has 1 atom stereocenters. The molecule has 38 heavy (non-hydrogen) atoms. The lowest BCUT2D eigenvalue weighted by molar-refractivity contribution is -0.118. The number of rotatable bonds is 4. The molecule has 0 bridgehead atoms. The summed E-state index contributed by atoms with van der Waals surface area (Å²) in [6.45, 7) is 2.91. The molecule has 1 aliphatic carbocycles. The number of likely N-dealkylation sites (tertiary alicyclic amines) is 1. The van der Waals surface area contributed by atoms with Crippen LogP contribution in [0.3, 0.4) is 0 Å². The third kappa shape index (κ3) is 3.84. The molecule has 1 unspecified atom stereocenters. The third-order valence-corrected chi connectivity index (χ3v) is 8.01. The molecule has 198 valence electrons. The molecule has 0 radical (unpaired) electrons. The number of fused-ring (bicyclic) bond motifs is 3. The van der Waals surface area contributed by atoms with Gasteiger partial charge in [0.25, 0.3) is 11.8 Å². The van der Waals surface area contributed by atoms with Gasteiger partial charge in [-0.3, -0.25) is 9.69 Å². The second-order valence-electron chi connectivity index (χ2n) is 10.5. The van der Waals surface area contributed by atoms with Gasteiger partial charge in [0.2, 0.25) is 0 Å². The van der Waals surface area contributed by atoms with Crippen LogP contribution in [0, 0.1) is 11.7 Å². The number of anilines is 2. The number of amides is 2. The predicted octanol–water partition coefficient (Wildman–Crippen LogP) is 1.49. The number of benzene rings is 1. The number of nitrogens with two attached hydrogens (primary N) is 1. The van der Waals surface area contributed by atoms with Crippen LogP contribution in [0.15, 0.2) is 12.3 Å². The van der Waals surface area contributed by atoms with Crippen molar-refractivity contribution in [2.45, 2.75) is 37.8 Å². The fourth-order valence-electron chi connectivity index (χ4n) is 6.11. The molecule has 1 aromatic carbocycles. The number of hydrogen-bond donors (Lipinski definition) is 3. The average Bonchev–Trinajstić information content (AvgIpc) is 3.60. The Morgan fingerprint density at radius 3 is 2.87 bits per heavy atom. The number of ether oxygens (including phenoxy) is 2. The smallest absolute Gasteiger partial charge is 0.416 e. The lowest BCUT2D eigenvalue weighted by Gasteiger charge is -2.38. The Bertz CT molecular complexity index is 1470. The minimum atomic E-state index is -0.596. The van der Waals surface area contributed by atoms with E-state index < -0.39 is 11.7 Å². The van der Waals surface area contributed by atoms with E-state index in [9.17, 15) is 9.59 Å². The molecular weight excluding hydrogens is 495 g/mol. The van der Waals surface area contributed by atoms with Crippen molar-refractivity contribution in [3.05, 3.63) is 35.0 Å². The maximum Gasteiger partial charge on any atom is 0.416 e. The average molecular weight is 523 g/mol. The van der Waals surface area contributed by atoms with Gasteiger partial charge in [0, 0.05) is 32.5 Å². The molecule has 2 saturated heterocycles. The number of carbonyl (C=O) groups excluding carboxylic acids is 2. The van der Waals surface area contributed by atoms with E-state index in [0.717, 1.165) is 37.2 Å². The maximum atomic E-state index is 15.2. The minimum absolute atomic E-state index is 0.113. The first kappa shape index (κ1) is 23.3. The van der Waals surface area contributed by atoms with Gasteiger partial charge in [-0.2, -0.15) is 0 Å².